The Morgan fingerprint density at radius 2 is 1.81 bits per heavy atom. The van der Waals surface area contributed by atoms with Crippen LogP contribution >= 0.6 is 0 Å². The van der Waals surface area contributed by atoms with E-state index in [1.165, 1.54) is 62.5 Å². The van der Waals surface area contributed by atoms with E-state index < -0.39 is 0 Å². The van der Waals surface area contributed by atoms with Crippen molar-refractivity contribution in [2.45, 2.75) is 118 Å². The molecule has 0 heterocycles. The third-order valence-corrected chi connectivity index (χ3v) is 8.67. The van der Waals surface area contributed by atoms with Crippen molar-refractivity contribution in [2.75, 3.05) is 7.11 Å². The van der Waals surface area contributed by atoms with Crippen LogP contribution in [0.25, 0.3) is 0 Å². The Hall–Kier alpha value is -0.820. The van der Waals surface area contributed by atoms with E-state index in [1.807, 2.05) is 21.0 Å². The fourth-order valence-electron chi connectivity index (χ4n) is 6.85. The fraction of sp³-hybridized carbons (Fsp3) is 0.800. The van der Waals surface area contributed by atoms with Crippen molar-refractivity contribution in [2.24, 2.45) is 29.1 Å². The zero-order valence-electron chi connectivity index (χ0n) is 21.9. The summed E-state index contributed by atoms with van der Waals surface area (Å²) in [4.78, 5) is 0. The van der Waals surface area contributed by atoms with Crippen LogP contribution < -0.4 is 0 Å². The van der Waals surface area contributed by atoms with Gasteiger partial charge in [-0.15, -0.1) is 0 Å². The summed E-state index contributed by atoms with van der Waals surface area (Å²) in [7, 11) is 1.85. The minimum absolute atomic E-state index is 0.379. The van der Waals surface area contributed by atoms with E-state index in [4.69, 9.17) is 4.74 Å². The number of allylic oxidation sites excluding steroid dienone is 4. The van der Waals surface area contributed by atoms with E-state index in [2.05, 4.69) is 46.4 Å². The van der Waals surface area contributed by atoms with Gasteiger partial charge in [0.2, 0.25) is 0 Å². The highest BCUT2D eigenvalue weighted by Crippen LogP contribution is 2.59. The van der Waals surface area contributed by atoms with E-state index in [0.29, 0.717) is 11.5 Å². The van der Waals surface area contributed by atoms with Crippen LogP contribution in [0.2, 0.25) is 0 Å². The van der Waals surface area contributed by atoms with Gasteiger partial charge in [-0.1, -0.05) is 90.7 Å². The molecule has 0 bridgehead atoms. The van der Waals surface area contributed by atoms with E-state index in [-0.39, 0.29) is 0 Å². The lowest BCUT2D eigenvalue weighted by Crippen LogP contribution is -2.36. The first-order chi connectivity index (χ1) is 14.8. The molecule has 5 atom stereocenters. The van der Waals surface area contributed by atoms with Crippen LogP contribution in [0.4, 0.5) is 0 Å². The first-order valence-electron chi connectivity index (χ1n) is 13.5. The molecule has 0 aromatic rings. The summed E-state index contributed by atoms with van der Waals surface area (Å²) in [5, 5.41) is 0. The molecule has 0 radical (unpaired) electrons. The zero-order valence-corrected chi connectivity index (χ0v) is 21.9. The average Bonchev–Trinajstić information content (AvgIpc) is 3.12. The van der Waals surface area contributed by atoms with E-state index in [0.717, 1.165) is 42.9 Å². The number of ether oxygens (including phenoxy) is 1. The molecular formula is C30H52O. The van der Waals surface area contributed by atoms with Crippen molar-refractivity contribution in [1.82, 2.24) is 0 Å². The van der Waals surface area contributed by atoms with Gasteiger partial charge in [-0.3, -0.25) is 0 Å². The molecule has 3 rings (SSSR count). The first-order valence-corrected chi connectivity index (χ1v) is 13.5. The number of hydrogen-bond acceptors (Lipinski definition) is 1. The van der Waals surface area contributed by atoms with Gasteiger partial charge in [-0.25, -0.2) is 0 Å². The second-order valence-corrected chi connectivity index (χ2v) is 11.0. The Morgan fingerprint density at radius 3 is 2.48 bits per heavy atom. The smallest absolute Gasteiger partial charge is 0.0614 e. The Labute approximate surface area is 194 Å². The van der Waals surface area contributed by atoms with Gasteiger partial charge in [-0.2, -0.15) is 0 Å². The van der Waals surface area contributed by atoms with Gasteiger partial charge in [0.25, 0.3) is 0 Å². The quantitative estimate of drug-likeness (QED) is 0.392. The topological polar surface area (TPSA) is 9.23 Å². The molecule has 3 fully saturated rings. The third-order valence-electron chi connectivity index (χ3n) is 8.67. The van der Waals surface area contributed by atoms with Crippen molar-refractivity contribution in [1.29, 1.82) is 0 Å². The molecule has 1 unspecified atom stereocenters. The maximum absolute atomic E-state index is 5.63. The summed E-state index contributed by atoms with van der Waals surface area (Å²) in [5.41, 5.74) is 5.02. The van der Waals surface area contributed by atoms with Crippen molar-refractivity contribution in [3.05, 3.63) is 35.5 Å². The van der Waals surface area contributed by atoms with Gasteiger partial charge in [0.15, 0.2) is 0 Å². The molecule has 0 spiro atoms. The Kier molecular flexibility index (Phi) is 10.6. The summed E-state index contributed by atoms with van der Waals surface area (Å²) >= 11 is 0. The molecule has 0 aliphatic heterocycles. The van der Waals surface area contributed by atoms with Crippen LogP contribution in [-0.4, -0.2) is 13.2 Å². The summed E-state index contributed by atoms with van der Waals surface area (Å²) in [6, 6.07) is 0. The van der Waals surface area contributed by atoms with Crippen molar-refractivity contribution >= 4 is 0 Å². The van der Waals surface area contributed by atoms with E-state index in [9.17, 15) is 0 Å². The standard InChI is InChI=1S/C28H46O.C2H6/c1-20(2)9-7-10-22(4)26-16-17-27-23(11-8-18-28(26,27)5)13-14-24-19-25(29-6)15-12-21(24)3;1-2/h13-14,20,22,25-27H,3,7-12,15-19H2,1-2,4-6H3;1-2H3/b23-13+,24-14-;/t22-,25+,26?,27+,28-;/m1./s1. The zero-order chi connectivity index (χ0) is 23.0. The van der Waals surface area contributed by atoms with Crippen LogP contribution in [0, 0.1) is 29.1 Å². The van der Waals surface area contributed by atoms with Gasteiger partial charge in [0.05, 0.1) is 6.10 Å². The van der Waals surface area contributed by atoms with Crippen LogP contribution in [-0.2, 0) is 4.74 Å². The molecule has 3 aliphatic carbocycles. The lowest BCUT2D eigenvalue weighted by Gasteiger charge is -2.44. The highest BCUT2D eigenvalue weighted by Gasteiger charge is 2.50. The summed E-state index contributed by atoms with van der Waals surface area (Å²) in [5.74, 6) is 3.44. The second kappa shape index (κ2) is 12.4. The summed E-state index contributed by atoms with van der Waals surface area (Å²) in [6.45, 7) is 18.2. The number of fused-ring (bicyclic) bond motifs is 1. The monoisotopic (exact) mass is 428 g/mol. The lowest BCUT2D eigenvalue weighted by molar-refractivity contribution is 0.0907. The molecule has 1 nitrogen and oxygen atoms in total. The molecule has 0 amide bonds. The van der Waals surface area contributed by atoms with Gasteiger partial charge in [0.1, 0.15) is 0 Å². The summed E-state index contributed by atoms with van der Waals surface area (Å²) < 4.78 is 5.63. The first kappa shape index (κ1) is 26.4. The molecule has 0 N–H and O–H groups in total. The van der Waals surface area contributed by atoms with Crippen LogP contribution in [0.3, 0.4) is 0 Å². The van der Waals surface area contributed by atoms with Crippen molar-refractivity contribution in [3.63, 3.8) is 0 Å². The van der Waals surface area contributed by atoms with Crippen LogP contribution in [0.1, 0.15) is 112 Å². The Balaban J connectivity index is 0.00000166. The molecule has 0 aromatic carbocycles. The largest absolute Gasteiger partial charge is 0.381 e. The maximum Gasteiger partial charge on any atom is 0.0614 e. The number of methoxy groups -OCH3 is 1. The normalized spacial score (nSPS) is 34.6. The van der Waals surface area contributed by atoms with E-state index in [1.54, 1.807) is 5.57 Å². The van der Waals surface area contributed by atoms with E-state index >= 15 is 0 Å². The van der Waals surface area contributed by atoms with Gasteiger partial charge >= 0.3 is 0 Å². The molecule has 31 heavy (non-hydrogen) atoms. The molecule has 3 saturated carbocycles. The van der Waals surface area contributed by atoms with Gasteiger partial charge in [0, 0.05) is 7.11 Å². The SMILES string of the molecule is C=C1CC[C@H](OC)C/C1=C/C=C1\CCC[C@]2(C)C([C@H](C)CCCC(C)C)CC[C@@H]12.CC. The fourth-order valence-corrected chi connectivity index (χ4v) is 6.85. The van der Waals surface area contributed by atoms with Crippen molar-refractivity contribution < 1.29 is 4.74 Å². The molecule has 3 aliphatic rings. The molecular weight excluding hydrogens is 376 g/mol. The molecule has 0 aromatic heterocycles. The Morgan fingerprint density at radius 1 is 1.06 bits per heavy atom. The van der Waals surface area contributed by atoms with Gasteiger partial charge < -0.3 is 4.74 Å². The average molecular weight is 429 g/mol. The maximum atomic E-state index is 5.63. The molecule has 0 saturated heterocycles. The van der Waals surface area contributed by atoms with Crippen LogP contribution in [0.5, 0.6) is 0 Å². The summed E-state index contributed by atoms with van der Waals surface area (Å²) in [6.07, 6.45) is 19.7. The number of rotatable bonds is 7. The highest BCUT2D eigenvalue weighted by atomic mass is 16.5. The lowest BCUT2D eigenvalue weighted by atomic mass is 9.60. The third kappa shape index (κ3) is 6.59. The highest BCUT2D eigenvalue weighted by molar-refractivity contribution is 5.36. The second-order valence-electron chi connectivity index (χ2n) is 11.0. The number of hydrogen-bond donors (Lipinski definition) is 0. The molecule has 178 valence electrons. The minimum atomic E-state index is 0.379. The Bertz CT molecular complexity index is 624. The minimum Gasteiger partial charge on any atom is -0.381 e. The molecule has 1 heteroatoms. The van der Waals surface area contributed by atoms with Crippen molar-refractivity contribution in [3.8, 4) is 0 Å². The predicted molar refractivity (Wildman–Crippen MR) is 137 cm³/mol. The predicted octanol–water partition coefficient (Wildman–Crippen LogP) is 9.30. The van der Waals surface area contributed by atoms with Gasteiger partial charge in [-0.05, 0) is 86.0 Å². The van der Waals surface area contributed by atoms with Crippen LogP contribution in [0.15, 0.2) is 35.5 Å².